The normalized spacial score (nSPS) is 18.7. The molecular weight excluding hydrogens is 314 g/mol. The molecule has 3 aromatic rings. The van der Waals surface area contributed by atoms with E-state index in [1.165, 1.54) is 0 Å². The molecular formula is C20H17N3O2. The standard InChI is InChI=1S/C20H17N3O2/c1-11-5-2-8-14-17(11)22-19(24)18(21-14)12-6-3-7-13-16(12)15-9-4-10-23(15)20(13)25/h2-3,5-8,15H,4,9-10H2,1H3,(H,22,24). The fraction of sp³-hybridized carbons (Fsp3) is 0.250. The Balaban J connectivity index is 1.79. The molecule has 5 nitrogen and oxygen atoms in total. The van der Waals surface area contributed by atoms with Gasteiger partial charge in [0.05, 0.1) is 17.1 Å². The van der Waals surface area contributed by atoms with Crippen molar-refractivity contribution in [1.82, 2.24) is 14.9 Å². The van der Waals surface area contributed by atoms with Crippen LogP contribution < -0.4 is 5.56 Å². The molecule has 1 saturated heterocycles. The Bertz CT molecular complexity index is 1100. The highest BCUT2D eigenvalue weighted by molar-refractivity contribution is 6.01. The Kier molecular flexibility index (Phi) is 2.89. The van der Waals surface area contributed by atoms with Crippen molar-refractivity contribution in [1.29, 1.82) is 0 Å². The molecule has 5 heteroatoms. The summed E-state index contributed by atoms with van der Waals surface area (Å²) in [7, 11) is 0. The number of aromatic amines is 1. The van der Waals surface area contributed by atoms with Gasteiger partial charge in [0.15, 0.2) is 0 Å². The summed E-state index contributed by atoms with van der Waals surface area (Å²) in [5.74, 6) is 0.0763. The zero-order valence-corrected chi connectivity index (χ0v) is 13.9. The number of benzene rings is 2. The minimum atomic E-state index is -0.209. The van der Waals surface area contributed by atoms with Gasteiger partial charge in [-0.05, 0) is 43.0 Å². The highest BCUT2D eigenvalue weighted by Crippen LogP contribution is 2.44. The van der Waals surface area contributed by atoms with E-state index in [0.29, 0.717) is 11.3 Å². The number of nitrogens with one attached hydrogen (secondary N) is 1. The van der Waals surface area contributed by atoms with E-state index in [1.54, 1.807) is 0 Å². The van der Waals surface area contributed by atoms with Crippen molar-refractivity contribution >= 4 is 16.9 Å². The lowest BCUT2D eigenvalue weighted by Crippen LogP contribution is -2.22. The van der Waals surface area contributed by atoms with E-state index in [9.17, 15) is 9.59 Å². The first-order valence-electron chi connectivity index (χ1n) is 8.59. The van der Waals surface area contributed by atoms with Gasteiger partial charge < -0.3 is 9.88 Å². The van der Waals surface area contributed by atoms with Crippen LogP contribution in [0.2, 0.25) is 0 Å². The number of rotatable bonds is 1. The number of nitrogens with zero attached hydrogens (tertiary/aromatic N) is 2. The summed E-state index contributed by atoms with van der Waals surface area (Å²) < 4.78 is 0. The van der Waals surface area contributed by atoms with Crippen molar-refractivity contribution in [2.45, 2.75) is 25.8 Å². The van der Waals surface area contributed by atoms with Crippen LogP contribution in [0.4, 0.5) is 0 Å². The van der Waals surface area contributed by atoms with Crippen molar-refractivity contribution in [3.05, 3.63) is 63.4 Å². The zero-order chi connectivity index (χ0) is 17.1. The van der Waals surface area contributed by atoms with Crippen molar-refractivity contribution in [2.24, 2.45) is 0 Å². The van der Waals surface area contributed by atoms with Gasteiger partial charge in [-0.2, -0.15) is 0 Å². The molecule has 1 fully saturated rings. The first kappa shape index (κ1) is 14.4. The Morgan fingerprint density at radius 3 is 2.80 bits per heavy atom. The molecule has 1 unspecified atom stereocenters. The van der Waals surface area contributed by atoms with E-state index in [2.05, 4.69) is 9.97 Å². The largest absolute Gasteiger partial charge is 0.332 e. The second-order valence-corrected chi connectivity index (χ2v) is 6.81. The lowest BCUT2D eigenvalue weighted by atomic mass is 9.94. The minimum Gasteiger partial charge on any atom is -0.332 e. The van der Waals surface area contributed by atoms with Crippen LogP contribution in [-0.4, -0.2) is 27.3 Å². The molecule has 0 bridgehead atoms. The number of H-pyrrole nitrogens is 1. The third-order valence-electron chi connectivity index (χ3n) is 5.38. The third kappa shape index (κ3) is 1.92. The minimum absolute atomic E-state index is 0.0763. The number of carbonyl (C=O) groups is 1. The van der Waals surface area contributed by atoms with Gasteiger partial charge in [-0.3, -0.25) is 9.59 Å². The Morgan fingerprint density at radius 1 is 1.12 bits per heavy atom. The number of aromatic nitrogens is 2. The maximum Gasteiger partial charge on any atom is 0.274 e. The molecule has 1 aromatic heterocycles. The van der Waals surface area contributed by atoms with E-state index in [-0.39, 0.29) is 17.5 Å². The molecule has 124 valence electrons. The summed E-state index contributed by atoms with van der Waals surface area (Å²) in [5.41, 5.74) is 5.18. The van der Waals surface area contributed by atoms with Crippen LogP contribution >= 0.6 is 0 Å². The van der Waals surface area contributed by atoms with Crippen LogP contribution in [0.5, 0.6) is 0 Å². The van der Waals surface area contributed by atoms with Gasteiger partial charge >= 0.3 is 0 Å². The number of amides is 1. The van der Waals surface area contributed by atoms with Crippen LogP contribution in [0.3, 0.4) is 0 Å². The average Bonchev–Trinajstić information content (AvgIpc) is 3.19. The number of para-hydroxylation sites is 1. The molecule has 1 amide bonds. The molecule has 2 aliphatic rings. The molecule has 0 radical (unpaired) electrons. The predicted octanol–water partition coefficient (Wildman–Crippen LogP) is 3.19. The van der Waals surface area contributed by atoms with Crippen molar-refractivity contribution in [3.63, 3.8) is 0 Å². The molecule has 0 saturated carbocycles. The van der Waals surface area contributed by atoms with E-state index in [1.807, 2.05) is 48.2 Å². The van der Waals surface area contributed by atoms with Gasteiger partial charge in [0.1, 0.15) is 5.69 Å². The quantitative estimate of drug-likeness (QED) is 0.745. The van der Waals surface area contributed by atoms with Crippen molar-refractivity contribution < 1.29 is 4.79 Å². The van der Waals surface area contributed by atoms with Gasteiger partial charge in [0.2, 0.25) is 0 Å². The summed E-state index contributed by atoms with van der Waals surface area (Å²) in [5, 5.41) is 0. The highest BCUT2D eigenvalue weighted by atomic mass is 16.2. The Hall–Kier alpha value is -2.95. The first-order chi connectivity index (χ1) is 12.1. The molecule has 1 N–H and O–H groups in total. The van der Waals surface area contributed by atoms with Gasteiger partial charge in [-0.25, -0.2) is 4.98 Å². The third-order valence-corrected chi connectivity index (χ3v) is 5.38. The van der Waals surface area contributed by atoms with Crippen LogP contribution in [0, 0.1) is 6.92 Å². The summed E-state index contributed by atoms with van der Waals surface area (Å²) >= 11 is 0. The van der Waals surface area contributed by atoms with Crippen LogP contribution in [-0.2, 0) is 0 Å². The Labute approximate surface area is 144 Å². The molecule has 25 heavy (non-hydrogen) atoms. The first-order valence-corrected chi connectivity index (χ1v) is 8.59. The maximum absolute atomic E-state index is 12.7. The molecule has 2 aromatic carbocycles. The number of hydrogen-bond donors (Lipinski definition) is 1. The highest BCUT2D eigenvalue weighted by Gasteiger charge is 2.41. The summed E-state index contributed by atoms with van der Waals surface area (Å²) in [6.07, 6.45) is 1.95. The van der Waals surface area contributed by atoms with Crippen LogP contribution in [0.15, 0.2) is 41.2 Å². The number of hydrogen-bond acceptors (Lipinski definition) is 3. The SMILES string of the molecule is Cc1cccc2nc(-c3cccc4c3C3CCCN3C4=O)c(=O)[nH]c12. The van der Waals surface area contributed by atoms with Gasteiger partial charge in [-0.1, -0.05) is 24.3 Å². The maximum atomic E-state index is 12.7. The zero-order valence-electron chi connectivity index (χ0n) is 13.9. The number of carbonyl (C=O) groups excluding carboxylic acids is 1. The fourth-order valence-corrected chi connectivity index (χ4v) is 4.22. The molecule has 5 rings (SSSR count). The molecule has 0 aliphatic carbocycles. The van der Waals surface area contributed by atoms with Crippen molar-refractivity contribution in [3.8, 4) is 11.3 Å². The summed E-state index contributed by atoms with van der Waals surface area (Å²) in [6, 6.07) is 11.5. The second-order valence-electron chi connectivity index (χ2n) is 6.81. The monoisotopic (exact) mass is 331 g/mol. The molecule has 3 heterocycles. The topological polar surface area (TPSA) is 66.1 Å². The molecule has 1 atom stereocenters. The van der Waals surface area contributed by atoms with Gasteiger partial charge in [0, 0.05) is 17.7 Å². The Morgan fingerprint density at radius 2 is 1.92 bits per heavy atom. The summed E-state index contributed by atoms with van der Waals surface area (Å²) in [4.78, 5) is 34.9. The smallest absolute Gasteiger partial charge is 0.274 e. The average molecular weight is 331 g/mol. The van der Waals surface area contributed by atoms with Gasteiger partial charge in [-0.15, -0.1) is 0 Å². The molecule has 0 spiro atoms. The van der Waals surface area contributed by atoms with E-state index < -0.39 is 0 Å². The second kappa shape index (κ2) is 5.02. The van der Waals surface area contributed by atoms with Gasteiger partial charge in [0.25, 0.3) is 11.5 Å². The lowest BCUT2D eigenvalue weighted by Gasteiger charge is -2.16. The van der Waals surface area contributed by atoms with Crippen LogP contribution in [0.25, 0.3) is 22.3 Å². The predicted molar refractivity (Wildman–Crippen MR) is 95.5 cm³/mol. The summed E-state index contributed by atoms with van der Waals surface area (Å²) in [6.45, 7) is 2.74. The lowest BCUT2D eigenvalue weighted by molar-refractivity contribution is 0.0776. The van der Waals surface area contributed by atoms with Crippen molar-refractivity contribution in [2.75, 3.05) is 6.54 Å². The number of aryl methyl sites for hydroxylation is 1. The van der Waals surface area contributed by atoms with E-state index in [4.69, 9.17) is 0 Å². The number of fused-ring (bicyclic) bond motifs is 4. The molecule has 2 aliphatic heterocycles. The van der Waals surface area contributed by atoms with E-state index >= 15 is 0 Å². The van der Waals surface area contributed by atoms with Crippen LogP contribution in [0.1, 0.15) is 40.4 Å². The fourth-order valence-electron chi connectivity index (χ4n) is 4.22. The van der Waals surface area contributed by atoms with E-state index in [0.717, 1.165) is 47.1 Å².